The zero-order chi connectivity index (χ0) is 13.7. The first kappa shape index (κ1) is 14.5. The second-order valence-electron chi connectivity index (χ2n) is 6.20. The van der Waals surface area contributed by atoms with Crippen molar-refractivity contribution in [1.29, 1.82) is 0 Å². The Morgan fingerprint density at radius 2 is 1.84 bits per heavy atom. The number of ether oxygens (including phenoxy) is 1. The van der Waals surface area contributed by atoms with Crippen molar-refractivity contribution in [2.45, 2.75) is 39.5 Å². The fourth-order valence-corrected chi connectivity index (χ4v) is 3.22. The Hall–Kier alpha value is -0.860. The Morgan fingerprint density at radius 3 is 2.37 bits per heavy atom. The van der Waals surface area contributed by atoms with E-state index in [9.17, 15) is 0 Å². The molecule has 1 N–H and O–H groups in total. The molecule has 1 fully saturated rings. The number of hydrogen-bond acceptors (Lipinski definition) is 2. The molecule has 0 saturated heterocycles. The molecule has 0 spiro atoms. The molecule has 0 aliphatic heterocycles. The molecule has 1 aromatic carbocycles. The van der Waals surface area contributed by atoms with Crippen LogP contribution in [0.3, 0.4) is 0 Å². The zero-order valence-electron chi connectivity index (χ0n) is 12.6. The van der Waals surface area contributed by atoms with Crippen molar-refractivity contribution in [3.63, 3.8) is 0 Å². The van der Waals surface area contributed by atoms with Crippen LogP contribution >= 0.6 is 0 Å². The number of aryl methyl sites for hydroxylation is 2. The summed E-state index contributed by atoms with van der Waals surface area (Å²) in [5.74, 6) is 0. The van der Waals surface area contributed by atoms with Gasteiger partial charge in [-0.15, -0.1) is 0 Å². The summed E-state index contributed by atoms with van der Waals surface area (Å²) in [5, 5.41) is 3.55. The first-order chi connectivity index (χ1) is 9.13. The summed E-state index contributed by atoms with van der Waals surface area (Å²) in [6.07, 6.45) is 5.33. The fourth-order valence-electron chi connectivity index (χ4n) is 3.22. The molecule has 106 valence electrons. The summed E-state index contributed by atoms with van der Waals surface area (Å²) in [6.45, 7) is 7.29. The van der Waals surface area contributed by atoms with Crippen LogP contribution in [-0.4, -0.2) is 26.8 Å². The normalized spacial score (nSPS) is 17.2. The van der Waals surface area contributed by atoms with Crippen LogP contribution in [0.15, 0.2) is 18.2 Å². The number of nitrogens with one attached hydrogen (secondary N) is 1. The van der Waals surface area contributed by atoms with E-state index in [0.29, 0.717) is 5.41 Å². The number of hydrogen-bond donors (Lipinski definition) is 1. The van der Waals surface area contributed by atoms with Gasteiger partial charge in [-0.2, -0.15) is 0 Å². The Morgan fingerprint density at radius 1 is 1.16 bits per heavy atom. The summed E-state index contributed by atoms with van der Waals surface area (Å²) in [7, 11) is 1.76. The molecule has 0 amide bonds. The van der Waals surface area contributed by atoms with Gasteiger partial charge in [-0.1, -0.05) is 35.7 Å². The Kier molecular flexibility index (Phi) is 5.00. The Labute approximate surface area is 117 Å². The van der Waals surface area contributed by atoms with E-state index in [4.69, 9.17) is 4.74 Å². The molecule has 19 heavy (non-hydrogen) atoms. The number of benzene rings is 1. The first-order valence-corrected chi connectivity index (χ1v) is 7.40. The van der Waals surface area contributed by atoms with Gasteiger partial charge < -0.3 is 10.1 Å². The third-order valence-corrected chi connectivity index (χ3v) is 4.26. The summed E-state index contributed by atoms with van der Waals surface area (Å²) in [6, 6.07) is 6.96. The van der Waals surface area contributed by atoms with Gasteiger partial charge in [0, 0.05) is 20.2 Å². The quantitative estimate of drug-likeness (QED) is 0.761. The van der Waals surface area contributed by atoms with E-state index in [2.05, 4.69) is 37.4 Å². The molecule has 1 aliphatic carbocycles. The highest BCUT2D eigenvalue weighted by Crippen LogP contribution is 2.43. The second kappa shape index (κ2) is 6.53. The standard InChI is InChI=1S/C17H27NO/c1-14-9-15(2)11-16(10-14)12-17(5-4-6-17)13-18-7-8-19-3/h9-11,18H,4-8,12-13H2,1-3H3. The number of methoxy groups -OCH3 is 1. The van der Waals surface area contributed by atoms with E-state index in [1.807, 2.05) is 0 Å². The maximum absolute atomic E-state index is 5.10. The molecule has 1 saturated carbocycles. The SMILES string of the molecule is COCCNCC1(Cc2cc(C)cc(C)c2)CCC1. The van der Waals surface area contributed by atoms with Crippen LogP contribution in [0.5, 0.6) is 0 Å². The topological polar surface area (TPSA) is 21.3 Å². The Balaban J connectivity index is 1.94. The van der Waals surface area contributed by atoms with E-state index in [0.717, 1.165) is 19.7 Å². The lowest BCUT2D eigenvalue weighted by atomic mass is 9.65. The molecule has 0 atom stereocenters. The third-order valence-electron chi connectivity index (χ3n) is 4.26. The van der Waals surface area contributed by atoms with E-state index < -0.39 is 0 Å². The molecule has 0 bridgehead atoms. The van der Waals surface area contributed by atoms with Gasteiger partial charge in [0.1, 0.15) is 0 Å². The second-order valence-corrected chi connectivity index (χ2v) is 6.20. The van der Waals surface area contributed by atoms with Crippen LogP contribution in [0.1, 0.15) is 36.0 Å². The van der Waals surface area contributed by atoms with Crippen molar-refractivity contribution in [1.82, 2.24) is 5.32 Å². The molecule has 1 aromatic rings. The largest absolute Gasteiger partial charge is 0.383 e. The number of rotatable bonds is 7. The average molecular weight is 261 g/mol. The van der Waals surface area contributed by atoms with Crippen molar-refractivity contribution >= 4 is 0 Å². The smallest absolute Gasteiger partial charge is 0.0587 e. The van der Waals surface area contributed by atoms with Gasteiger partial charge in [0.05, 0.1) is 6.61 Å². The lowest BCUT2D eigenvalue weighted by Gasteiger charge is -2.42. The van der Waals surface area contributed by atoms with Crippen LogP contribution < -0.4 is 5.32 Å². The lowest BCUT2D eigenvalue weighted by molar-refractivity contribution is 0.123. The molecule has 2 heteroatoms. The van der Waals surface area contributed by atoms with E-state index in [1.165, 1.54) is 42.4 Å². The predicted molar refractivity (Wildman–Crippen MR) is 80.6 cm³/mol. The van der Waals surface area contributed by atoms with Crippen LogP contribution in [0.4, 0.5) is 0 Å². The zero-order valence-corrected chi connectivity index (χ0v) is 12.6. The van der Waals surface area contributed by atoms with Gasteiger partial charge in [-0.25, -0.2) is 0 Å². The first-order valence-electron chi connectivity index (χ1n) is 7.40. The molecule has 0 aromatic heterocycles. The molecule has 0 unspecified atom stereocenters. The van der Waals surface area contributed by atoms with Crippen LogP contribution in [-0.2, 0) is 11.2 Å². The van der Waals surface area contributed by atoms with Gasteiger partial charge >= 0.3 is 0 Å². The fraction of sp³-hybridized carbons (Fsp3) is 0.647. The lowest BCUT2D eigenvalue weighted by Crippen LogP contribution is -2.42. The summed E-state index contributed by atoms with van der Waals surface area (Å²) in [4.78, 5) is 0. The van der Waals surface area contributed by atoms with Crippen LogP contribution in [0, 0.1) is 19.3 Å². The summed E-state index contributed by atoms with van der Waals surface area (Å²) >= 11 is 0. The third kappa shape index (κ3) is 4.05. The van der Waals surface area contributed by atoms with Gasteiger partial charge in [-0.05, 0) is 44.1 Å². The minimum Gasteiger partial charge on any atom is -0.383 e. The van der Waals surface area contributed by atoms with Gasteiger partial charge in [-0.3, -0.25) is 0 Å². The maximum atomic E-state index is 5.10. The van der Waals surface area contributed by atoms with E-state index in [-0.39, 0.29) is 0 Å². The molecule has 0 radical (unpaired) electrons. The molecule has 1 aliphatic rings. The highest BCUT2D eigenvalue weighted by atomic mass is 16.5. The van der Waals surface area contributed by atoms with Crippen molar-refractivity contribution in [2.24, 2.45) is 5.41 Å². The predicted octanol–water partition coefficient (Wildman–Crippen LogP) is 3.25. The van der Waals surface area contributed by atoms with Crippen molar-refractivity contribution in [3.8, 4) is 0 Å². The molecular weight excluding hydrogens is 234 g/mol. The van der Waals surface area contributed by atoms with E-state index >= 15 is 0 Å². The Bertz CT molecular complexity index is 389. The molecule has 0 heterocycles. The van der Waals surface area contributed by atoms with Crippen molar-refractivity contribution < 1.29 is 4.74 Å². The minimum absolute atomic E-state index is 0.494. The maximum Gasteiger partial charge on any atom is 0.0587 e. The summed E-state index contributed by atoms with van der Waals surface area (Å²) in [5.41, 5.74) is 4.77. The molecule has 2 nitrogen and oxygen atoms in total. The molecule has 2 rings (SSSR count). The summed E-state index contributed by atoms with van der Waals surface area (Å²) < 4.78 is 5.10. The molecular formula is C17H27NO. The van der Waals surface area contributed by atoms with Crippen LogP contribution in [0.2, 0.25) is 0 Å². The van der Waals surface area contributed by atoms with Crippen molar-refractivity contribution in [3.05, 3.63) is 34.9 Å². The monoisotopic (exact) mass is 261 g/mol. The van der Waals surface area contributed by atoms with Crippen molar-refractivity contribution in [2.75, 3.05) is 26.8 Å². The average Bonchev–Trinajstić information content (AvgIpc) is 2.30. The highest BCUT2D eigenvalue weighted by Gasteiger charge is 2.36. The highest BCUT2D eigenvalue weighted by molar-refractivity contribution is 5.29. The van der Waals surface area contributed by atoms with Crippen LogP contribution in [0.25, 0.3) is 0 Å². The van der Waals surface area contributed by atoms with Gasteiger partial charge in [0.2, 0.25) is 0 Å². The van der Waals surface area contributed by atoms with E-state index in [1.54, 1.807) is 7.11 Å². The minimum atomic E-state index is 0.494. The van der Waals surface area contributed by atoms with Gasteiger partial charge in [0.15, 0.2) is 0 Å². The van der Waals surface area contributed by atoms with Gasteiger partial charge in [0.25, 0.3) is 0 Å².